The Morgan fingerprint density at radius 1 is 1.06 bits per heavy atom. The molecule has 3 aromatic carbocycles. The van der Waals surface area contributed by atoms with Crippen molar-refractivity contribution < 1.29 is 14.3 Å². The van der Waals surface area contributed by atoms with Crippen LogP contribution in [0.1, 0.15) is 46.5 Å². The van der Waals surface area contributed by atoms with Gasteiger partial charge in [0.05, 0.1) is 23.7 Å². The quantitative estimate of drug-likeness (QED) is 0.466. The summed E-state index contributed by atoms with van der Waals surface area (Å²) in [6.45, 7) is 5.94. The molecule has 0 atom stereocenters. The number of hydrogen-bond acceptors (Lipinski definition) is 4. The molecule has 4 aromatic rings. The number of hydrogen-bond donors (Lipinski definition) is 2. The second-order valence-electron chi connectivity index (χ2n) is 9.55. The van der Waals surface area contributed by atoms with Crippen molar-refractivity contribution in [1.82, 2.24) is 10.3 Å². The summed E-state index contributed by atoms with van der Waals surface area (Å²) in [5.74, 6) is 1.60. The summed E-state index contributed by atoms with van der Waals surface area (Å²) in [5, 5.41) is 5.36. The fourth-order valence-corrected chi connectivity index (χ4v) is 5.78. The zero-order valence-electron chi connectivity index (χ0n) is 19.2. The Kier molecular flexibility index (Phi) is 4.10. The van der Waals surface area contributed by atoms with Gasteiger partial charge in [0, 0.05) is 34.0 Å². The lowest BCUT2D eigenvalue weighted by Crippen LogP contribution is -2.15. The van der Waals surface area contributed by atoms with Crippen molar-refractivity contribution in [3.8, 4) is 16.9 Å². The van der Waals surface area contributed by atoms with E-state index in [2.05, 4.69) is 45.6 Å². The first-order valence-electron chi connectivity index (χ1n) is 12.0. The van der Waals surface area contributed by atoms with Crippen LogP contribution in [-0.2, 0) is 24.1 Å². The van der Waals surface area contributed by atoms with Gasteiger partial charge in [-0.3, -0.25) is 4.79 Å². The highest BCUT2D eigenvalue weighted by atomic mass is 16.5. The fraction of sp³-hybridized carbons (Fsp3) is 0.286. The maximum atomic E-state index is 13.2. The molecule has 3 heterocycles. The standard InChI is InChI=1S/C28H25N3O3/c1-14(2)34-17-5-7-18-15(11-17)3-6-19-23(18)25-21(13-30-27(25)32)24-20-12-16(28-29-9-10-33-28)4-8-22(20)31-26(19)24/h4-5,7-8,11-12,14,31H,3,6,9-10,13H2,1-2H3,(H,30,32). The van der Waals surface area contributed by atoms with Gasteiger partial charge in [0.25, 0.3) is 5.91 Å². The molecule has 1 amide bonds. The van der Waals surface area contributed by atoms with E-state index in [1.54, 1.807) is 0 Å². The van der Waals surface area contributed by atoms with Crippen molar-refractivity contribution in [3.63, 3.8) is 0 Å². The monoisotopic (exact) mass is 451 g/mol. The lowest BCUT2D eigenvalue weighted by molar-refractivity contribution is 0.0966. The molecule has 7 rings (SSSR count). The van der Waals surface area contributed by atoms with Gasteiger partial charge in [0.2, 0.25) is 5.90 Å². The van der Waals surface area contributed by atoms with E-state index in [1.807, 2.05) is 19.9 Å². The number of benzene rings is 3. The third-order valence-electron chi connectivity index (χ3n) is 7.10. The molecule has 0 fully saturated rings. The number of nitrogens with zero attached hydrogens (tertiary/aromatic N) is 1. The first-order valence-corrected chi connectivity index (χ1v) is 12.0. The number of fused-ring (bicyclic) bond motifs is 10. The van der Waals surface area contributed by atoms with Crippen LogP contribution in [0.15, 0.2) is 41.4 Å². The van der Waals surface area contributed by atoms with Gasteiger partial charge in [-0.05, 0) is 79.3 Å². The van der Waals surface area contributed by atoms with Crippen LogP contribution in [0.2, 0.25) is 0 Å². The van der Waals surface area contributed by atoms with Gasteiger partial charge in [-0.2, -0.15) is 0 Å². The Balaban J connectivity index is 1.50. The molecule has 0 bridgehead atoms. The molecule has 2 N–H and O–H groups in total. The SMILES string of the molecule is CC(C)Oc1ccc2c(c1)CCc1c-2c2c(c3c1[nH]c1ccc(C4=NCCO4)cc13)CNC2=O. The predicted molar refractivity (Wildman–Crippen MR) is 133 cm³/mol. The highest BCUT2D eigenvalue weighted by Crippen LogP contribution is 2.46. The number of nitrogens with one attached hydrogen (secondary N) is 2. The second kappa shape index (κ2) is 7.10. The van der Waals surface area contributed by atoms with E-state index in [0.29, 0.717) is 25.6 Å². The summed E-state index contributed by atoms with van der Waals surface area (Å²) in [7, 11) is 0. The summed E-state index contributed by atoms with van der Waals surface area (Å²) >= 11 is 0. The topological polar surface area (TPSA) is 75.7 Å². The number of aliphatic imine (C=N–C) groups is 1. The molecule has 6 nitrogen and oxygen atoms in total. The molecule has 34 heavy (non-hydrogen) atoms. The molecule has 2 aliphatic heterocycles. The number of aromatic amines is 1. The number of carbonyl (C=O) groups is 1. The zero-order chi connectivity index (χ0) is 23.0. The van der Waals surface area contributed by atoms with Crippen molar-refractivity contribution in [2.24, 2.45) is 4.99 Å². The minimum Gasteiger partial charge on any atom is -0.491 e. The lowest BCUT2D eigenvalue weighted by Gasteiger charge is -2.24. The summed E-state index contributed by atoms with van der Waals surface area (Å²) in [6.07, 6.45) is 1.92. The van der Waals surface area contributed by atoms with Gasteiger partial charge in [0.1, 0.15) is 12.4 Å². The number of aromatic nitrogens is 1. The van der Waals surface area contributed by atoms with Crippen LogP contribution in [0.25, 0.3) is 32.9 Å². The molecule has 1 aromatic heterocycles. The highest BCUT2D eigenvalue weighted by Gasteiger charge is 2.33. The van der Waals surface area contributed by atoms with Crippen molar-refractivity contribution >= 4 is 33.6 Å². The zero-order valence-corrected chi connectivity index (χ0v) is 19.2. The van der Waals surface area contributed by atoms with Gasteiger partial charge < -0.3 is 19.8 Å². The summed E-state index contributed by atoms with van der Waals surface area (Å²) in [6, 6.07) is 12.6. The molecule has 170 valence electrons. The number of carbonyl (C=O) groups excluding carboxylic acids is 1. The molecule has 0 radical (unpaired) electrons. The van der Waals surface area contributed by atoms with Crippen LogP contribution in [-0.4, -0.2) is 36.0 Å². The average molecular weight is 452 g/mol. The van der Waals surface area contributed by atoms with Crippen molar-refractivity contribution in [2.45, 2.75) is 39.3 Å². The summed E-state index contributed by atoms with van der Waals surface area (Å²) < 4.78 is 11.7. The second-order valence-corrected chi connectivity index (χ2v) is 9.55. The first-order chi connectivity index (χ1) is 16.6. The Hall–Kier alpha value is -3.80. The molecule has 0 saturated carbocycles. The van der Waals surface area contributed by atoms with Gasteiger partial charge in [0.15, 0.2) is 0 Å². The third-order valence-corrected chi connectivity index (χ3v) is 7.10. The van der Waals surface area contributed by atoms with Crippen LogP contribution in [0, 0.1) is 0 Å². The van der Waals surface area contributed by atoms with Crippen molar-refractivity contribution in [2.75, 3.05) is 13.2 Å². The lowest BCUT2D eigenvalue weighted by atomic mass is 9.80. The maximum Gasteiger partial charge on any atom is 0.252 e. The normalized spacial score (nSPS) is 16.3. The Labute approximate surface area is 197 Å². The smallest absolute Gasteiger partial charge is 0.252 e. The molecule has 3 aliphatic rings. The van der Waals surface area contributed by atoms with E-state index < -0.39 is 0 Å². The van der Waals surface area contributed by atoms with Gasteiger partial charge >= 0.3 is 0 Å². The molecule has 6 heteroatoms. The van der Waals surface area contributed by atoms with E-state index in [9.17, 15) is 4.79 Å². The average Bonchev–Trinajstić information content (AvgIpc) is 3.56. The van der Waals surface area contributed by atoms with E-state index >= 15 is 0 Å². The van der Waals surface area contributed by atoms with E-state index in [-0.39, 0.29) is 12.0 Å². The highest BCUT2D eigenvalue weighted by molar-refractivity contribution is 6.19. The third kappa shape index (κ3) is 2.74. The number of aryl methyl sites for hydroxylation is 2. The molecule has 0 saturated heterocycles. The Morgan fingerprint density at radius 2 is 1.97 bits per heavy atom. The summed E-state index contributed by atoms with van der Waals surface area (Å²) in [4.78, 5) is 21.3. The molecule has 1 aliphatic carbocycles. The molecular weight excluding hydrogens is 426 g/mol. The van der Waals surface area contributed by atoms with Gasteiger partial charge in [-0.15, -0.1) is 0 Å². The number of ether oxygens (including phenoxy) is 2. The largest absolute Gasteiger partial charge is 0.491 e. The Bertz CT molecular complexity index is 1560. The minimum absolute atomic E-state index is 0.0116. The van der Waals surface area contributed by atoms with Crippen LogP contribution in [0.5, 0.6) is 5.75 Å². The Morgan fingerprint density at radius 3 is 2.79 bits per heavy atom. The van der Waals surface area contributed by atoms with E-state index in [1.165, 1.54) is 11.1 Å². The molecule has 0 spiro atoms. The van der Waals surface area contributed by atoms with Crippen LogP contribution < -0.4 is 10.1 Å². The van der Waals surface area contributed by atoms with Crippen LogP contribution in [0.3, 0.4) is 0 Å². The number of amides is 1. The fourth-order valence-electron chi connectivity index (χ4n) is 5.78. The van der Waals surface area contributed by atoms with Crippen LogP contribution in [0.4, 0.5) is 0 Å². The summed E-state index contributed by atoms with van der Waals surface area (Å²) in [5.41, 5.74) is 9.76. The van der Waals surface area contributed by atoms with Crippen LogP contribution >= 0.6 is 0 Å². The van der Waals surface area contributed by atoms with E-state index in [0.717, 1.165) is 68.2 Å². The predicted octanol–water partition coefficient (Wildman–Crippen LogP) is 4.89. The number of rotatable bonds is 3. The van der Waals surface area contributed by atoms with E-state index in [4.69, 9.17) is 9.47 Å². The first kappa shape index (κ1) is 19.6. The van der Waals surface area contributed by atoms with Gasteiger partial charge in [-0.25, -0.2) is 4.99 Å². The minimum atomic E-state index is 0.0116. The molecule has 0 unspecified atom stereocenters. The van der Waals surface area contributed by atoms with Crippen molar-refractivity contribution in [1.29, 1.82) is 0 Å². The number of H-pyrrole nitrogens is 1. The maximum absolute atomic E-state index is 13.2. The van der Waals surface area contributed by atoms with Gasteiger partial charge in [-0.1, -0.05) is 6.07 Å². The van der Waals surface area contributed by atoms with Crippen molar-refractivity contribution in [3.05, 3.63) is 64.2 Å². The molecular formula is C28H25N3O3.